The second-order valence-corrected chi connectivity index (χ2v) is 7.19. The minimum absolute atomic E-state index is 0.0423. The average molecular weight is 385 g/mol. The minimum Gasteiger partial charge on any atom is -0.390 e. The van der Waals surface area contributed by atoms with Gasteiger partial charge in [0.1, 0.15) is 11.7 Å². The van der Waals surface area contributed by atoms with Crippen molar-refractivity contribution >= 4 is 11.5 Å². The molecule has 6 nitrogen and oxygen atoms in total. The molecule has 1 aliphatic rings. The molecular formula is C21H28FN5O. The summed E-state index contributed by atoms with van der Waals surface area (Å²) in [5, 5.41) is 20.9. The largest absolute Gasteiger partial charge is 0.390 e. The van der Waals surface area contributed by atoms with Gasteiger partial charge in [-0.2, -0.15) is 0 Å². The zero-order chi connectivity index (χ0) is 19.9. The number of hydrogen-bond acceptors (Lipinski definition) is 5. The van der Waals surface area contributed by atoms with Crippen LogP contribution in [-0.2, 0) is 6.54 Å². The van der Waals surface area contributed by atoms with E-state index < -0.39 is 6.10 Å². The molecule has 1 unspecified atom stereocenters. The predicted octanol–water partition coefficient (Wildman–Crippen LogP) is 1.70. The van der Waals surface area contributed by atoms with Gasteiger partial charge in [0.15, 0.2) is 0 Å². The first kappa shape index (κ1) is 20.3. The summed E-state index contributed by atoms with van der Waals surface area (Å²) in [7, 11) is 0. The molecule has 150 valence electrons. The van der Waals surface area contributed by atoms with Gasteiger partial charge in [0, 0.05) is 62.6 Å². The number of aliphatic hydroxyl groups excluding tert-OH is 1. The maximum absolute atomic E-state index is 13.8. The lowest BCUT2D eigenvalue weighted by atomic mass is 10.1. The number of nitrogens with zero attached hydrogens (tertiary/aromatic N) is 2. The van der Waals surface area contributed by atoms with Crippen LogP contribution < -0.4 is 11.1 Å². The zero-order valence-electron chi connectivity index (χ0n) is 15.9. The van der Waals surface area contributed by atoms with Gasteiger partial charge in [-0.25, -0.2) is 4.39 Å². The van der Waals surface area contributed by atoms with Crippen molar-refractivity contribution in [3.8, 4) is 0 Å². The Morgan fingerprint density at radius 2 is 1.71 bits per heavy atom. The standard InChI is InChI=1S/C21H28FN5O/c22-20-4-2-1-3-17(20)14-26-9-11-27(12-10-26)15-19(28)13-25-18-7-5-16(6-8-18)21(23)24/h1-8,19,25,28H,9-15H2,(H3,23,24). The van der Waals surface area contributed by atoms with Crippen LogP contribution in [0.4, 0.5) is 10.1 Å². The first-order valence-electron chi connectivity index (χ1n) is 9.56. The van der Waals surface area contributed by atoms with E-state index in [-0.39, 0.29) is 11.7 Å². The first-order chi connectivity index (χ1) is 13.5. The fraction of sp³-hybridized carbons (Fsp3) is 0.381. The number of piperazine rings is 1. The van der Waals surface area contributed by atoms with Gasteiger partial charge in [0.25, 0.3) is 0 Å². The third kappa shape index (κ3) is 5.76. The highest BCUT2D eigenvalue weighted by atomic mass is 19.1. The van der Waals surface area contributed by atoms with E-state index in [1.807, 2.05) is 24.3 Å². The molecule has 0 bridgehead atoms. The van der Waals surface area contributed by atoms with Crippen LogP contribution in [0.25, 0.3) is 0 Å². The van der Waals surface area contributed by atoms with Gasteiger partial charge in [0.05, 0.1) is 6.10 Å². The molecule has 7 heteroatoms. The SMILES string of the molecule is N=C(N)c1ccc(NCC(O)CN2CCN(Cc3ccccc3F)CC2)cc1. The van der Waals surface area contributed by atoms with Crippen LogP contribution in [0.5, 0.6) is 0 Å². The van der Waals surface area contributed by atoms with Crippen LogP contribution in [0.3, 0.4) is 0 Å². The molecule has 0 amide bonds. The minimum atomic E-state index is -0.481. The maximum atomic E-state index is 13.8. The Kier molecular flexibility index (Phi) is 6.97. The molecule has 2 aromatic carbocycles. The van der Waals surface area contributed by atoms with E-state index in [0.717, 1.165) is 37.4 Å². The molecule has 0 radical (unpaired) electrons. The van der Waals surface area contributed by atoms with Gasteiger partial charge in [-0.3, -0.25) is 15.2 Å². The third-order valence-electron chi connectivity index (χ3n) is 5.02. The van der Waals surface area contributed by atoms with Crippen molar-refractivity contribution in [2.75, 3.05) is 44.6 Å². The quantitative estimate of drug-likeness (QED) is 0.410. The molecule has 1 aliphatic heterocycles. The smallest absolute Gasteiger partial charge is 0.127 e. The number of aliphatic hydroxyl groups is 1. The molecule has 28 heavy (non-hydrogen) atoms. The summed E-state index contributed by atoms with van der Waals surface area (Å²) in [6, 6.07) is 14.2. The van der Waals surface area contributed by atoms with Gasteiger partial charge < -0.3 is 16.2 Å². The Labute approximate surface area is 165 Å². The number of hydrogen-bond donors (Lipinski definition) is 4. The van der Waals surface area contributed by atoms with Crippen molar-refractivity contribution in [1.82, 2.24) is 9.80 Å². The van der Waals surface area contributed by atoms with E-state index in [1.54, 1.807) is 18.2 Å². The predicted molar refractivity (Wildman–Crippen MR) is 110 cm³/mol. The number of halogens is 1. The van der Waals surface area contributed by atoms with Crippen LogP contribution in [-0.4, -0.2) is 66.1 Å². The second-order valence-electron chi connectivity index (χ2n) is 7.19. The lowest BCUT2D eigenvalue weighted by molar-refractivity contribution is 0.0752. The van der Waals surface area contributed by atoms with Gasteiger partial charge in [-0.15, -0.1) is 0 Å². The number of amidine groups is 1. The summed E-state index contributed by atoms with van der Waals surface area (Å²) in [6.45, 7) is 5.13. The summed E-state index contributed by atoms with van der Waals surface area (Å²) in [6.07, 6.45) is -0.481. The van der Waals surface area contributed by atoms with Crippen LogP contribution in [0.1, 0.15) is 11.1 Å². The van der Waals surface area contributed by atoms with Gasteiger partial charge in [-0.05, 0) is 30.3 Å². The van der Waals surface area contributed by atoms with Crippen molar-refractivity contribution in [2.24, 2.45) is 5.73 Å². The lowest BCUT2D eigenvalue weighted by Gasteiger charge is -2.35. The summed E-state index contributed by atoms with van der Waals surface area (Å²) >= 11 is 0. The van der Waals surface area contributed by atoms with E-state index in [1.165, 1.54) is 6.07 Å². The molecule has 0 saturated carbocycles. The monoisotopic (exact) mass is 385 g/mol. The highest BCUT2D eigenvalue weighted by Crippen LogP contribution is 2.13. The number of benzene rings is 2. The van der Waals surface area contributed by atoms with Crippen molar-refractivity contribution in [3.63, 3.8) is 0 Å². The van der Waals surface area contributed by atoms with Crippen molar-refractivity contribution in [1.29, 1.82) is 5.41 Å². The molecule has 0 aliphatic carbocycles. The third-order valence-corrected chi connectivity index (χ3v) is 5.02. The number of nitrogen functional groups attached to an aromatic ring is 1. The van der Waals surface area contributed by atoms with E-state index in [2.05, 4.69) is 15.1 Å². The Bertz CT molecular complexity index is 775. The summed E-state index contributed by atoms with van der Waals surface area (Å²) in [5.41, 5.74) is 7.75. The molecule has 1 saturated heterocycles. The fourth-order valence-corrected chi connectivity index (χ4v) is 3.36. The molecule has 1 fully saturated rings. The van der Waals surface area contributed by atoms with E-state index in [4.69, 9.17) is 11.1 Å². The topological polar surface area (TPSA) is 88.6 Å². The summed E-state index contributed by atoms with van der Waals surface area (Å²) < 4.78 is 13.8. The Morgan fingerprint density at radius 3 is 2.36 bits per heavy atom. The average Bonchev–Trinajstić information content (AvgIpc) is 2.70. The van der Waals surface area contributed by atoms with Crippen LogP contribution in [0.2, 0.25) is 0 Å². The van der Waals surface area contributed by atoms with Crippen molar-refractivity contribution in [3.05, 3.63) is 65.5 Å². The summed E-state index contributed by atoms with van der Waals surface area (Å²) in [5.74, 6) is -0.108. The van der Waals surface area contributed by atoms with Crippen LogP contribution in [0, 0.1) is 11.2 Å². The van der Waals surface area contributed by atoms with Crippen LogP contribution in [0.15, 0.2) is 48.5 Å². The van der Waals surface area contributed by atoms with Gasteiger partial charge >= 0.3 is 0 Å². The number of nitrogens with one attached hydrogen (secondary N) is 2. The molecule has 1 atom stereocenters. The second kappa shape index (κ2) is 9.64. The van der Waals surface area contributed by atoms with E-state index in [0.29, 0.717) is 25.2 Å². The Morgan fingerprint density at radius 1 is 1.07 bits per heavy atom. The van der Waals surface area contributed by atoms with Crippen molar-refractivity contribution in [2.45, 2.75) is 12.6 Å². The molecule has 5 N–H and O–H groups in total. The zero-order valence-corrected chi connectivity index (χ0v) is 15.9. The van der Waals surface area contributed by atoms with E-state index in [9.17, 15) is 9.50 Å². The summed E-state index contributed by atoms with van der Waals surface area (Å²) in [4.78, 5) is 4.49. The molecule has 1 heterocycles. The lowest BCUT2D eigenvalue weighted by Crippen LogP contribution is -2.49. The molecule has 2 aromatic rings. The highest BCUT2D eigenvalue weighted by molar-refractivity contribution is 5.95. The Balaban J connectivity index is 1.38. The molecule has 0 spiro atoms. The van der Waals surface area contributed by atoms with Crippen LogP contribution >= 0.6 is 0 Å². The Hall–Kier alpha value is -2.48. The molecule has 3 rings (SSSR count). The van der Waals surface area contributed by atoms with Gasteiger partial charge in [0.2, 0.25) is 0 Å². The van der Waals surface area contributed by atoms with Crippen molar-refractivity contribution < 1.29 is 9.50 Å². The number of rotatable bonds is 8. The number of β-amino-alcohol motifs (C(OH)–C–C–N with tert-alkyl or cyclic N) is 1. The molecule has 0 aromatic heterocycles. The fourth-order valence-electron chi connectivity index (χ4n) is 3.36. The number of anilines is 1. The maximum Gasteiger partial charge on any atom is 0.127 e. The van der Waals surface area contributed by atoms with Gasteiger partial charge in [-0.1, -0.05) is 18.2 Å². The molecular weight excluding hydrogens is 357 g/mol. The first-order valence-corrected chi connectivity index (χ1v) is 9.56. The highest BCUT2D eigenvalue weighted by Gasteiger charge is 2.20. The number of nitrogens with two attached hydrogens (primary N) is 1. The van der Waals surface area contributed by atoms with E-state index >= 15 is 0 Å². The normalized spacial score (nSPS) is 16.6.